The van der Waals surface area contributed by atoms with E-state index >= 15 is 0 Å². The van der Waals surface area contributed by atoms with Crippen LogP contribution in [0.5, 0.6) is 5.75 Å². The molecule has 6 nitrogen and oxygen atoms in total. The van der Waals surface area contributed by atoms with Crippen LogP contribution < -0.4 is 0 Å². The van der Waals surface area contributed by atoms with Crippen molar-refractivity contribution in [3.05, 3.63) is 191 Å². The third-order valence-electron chi connectivity index (χ3n) is 15.9. The maximum atomic E-state index is 12.9. The Hall–Kier alpha value is -6.88. The molecular weight excluding hydrogens is 1160 g/mol. The minimum absolute atomic E-state index is 0. The van der Waals surface area contributed by atoms with Crippen molar-refractivity contribution in [2.24, 2.45) is 0 Å². The van der Waals surface area contributed by atoms with Gasteiger partial charge in [-0.2, -0.15) is 0 Å². The number of phenols is 1. The van der Waals surface area contributed by atoms with E-state index in [4.69, 9.17) is 15.0 Å². The van der Waals surface area contributed by atoms with Crippen LogP contribution in [0.1, 0.15) is 180 Å². The maximum absolute atomic E-state index is 12.9. The number of aromatic hydroxyl groups is 1. The van der Waals surface area contributed by atoms with Crippen LogP contribution in [0.15, 0.2) is 146 Å². The van der Waals surface area contributed by atoms with E-state index in [1.807, 2.05) is 18.5 Å². The van der Waals surface area contributed by atoms with Crippen molar-refractivity contribution in [2.75, 3.05) is 0 Å². The largest absolute Gasteiger partial charge is 0.507 e. The van der Waals surface area contributed by atoms with Gasteiger partial charge in [0.2, 0.25) is 0 Å². The first-order chi connectivity index (χ1) is 37.3. The van der Waals surface area contributed by atoms with Gasteiger partial charge in [-0.05, 0) is 132 Å². The van der Waals surface area contributed by atoms with Crippen LogP contribution in [-0.4, -0.2) is 29.2 Å². The van der Waals surface area contributed by atoms with Gasteiger partial charge in [0.15, 0.2) is 0 Å². The minimum atomic E-state index is -0.354. The molecule has 0 unspecified atom stereocenters. The Morgan fingerprint density at radius 2 is 0.925 bits per heavy atom. The number of fused-ring (bicyclic) bond motifs is 2. The van der Waals surface area contributed by atoms with E-state index in [0.717, 1.165) is 72.6 Å². The first kappa shape index (κ1) is 57.8. The molecule has 0 atom stereocenters. The summed E-state index contributed by atoms with van der Waals surface area (Å²) in [5.41, 5.74) is 21.4. The van der Waals surface area contributed by atoms with Gasteiger partial charge in [0, 0.05) is 38.5 Å². The molecule has 7 heteroatoms. The van der Waals surface area contributed by atoms with Crippen molar-refractivity contribution in [3.8, 4) is 73.3 Å². The van der Waals surface area contributed by atoms with E-state index in [0.29, 0.717) is 11.4 Å². The number of rotatable bonds is 11. The number of nitrogens with zero attached hydrogens (tertiary/aromatic N) is 5. The molecule has 0 bridgehead atoms. The van der Waals surface area contributed by atoms with Crippen molar-refractivity contribution in [1.82, 2.24) is 24.1 Å². The average Bonchev–Trinajstić information content (AvgIpc) is 4.05. The van der Waals surface area contributed by atoms with Crippen LogP contribution in [0, 0.1) is 6.07 Å². The molecule has 0 aliphatic carbocycles. The summed E-state index contributed by atoms with van der Waals surface area (Å²) >= 11 is 0. The monoisotopic (exact) mass is 1240 g/mol. The molecule has 0 aliphatic heterocycles. The molecule has 3 heterocycles. The molecule has 80 heavy (non-hydrogen) atoms. The summed E-state index contributed by atoms with van der Waals surface area (Å²) in [6.07, 6.45) is 3.81. The second-order valence-electron chi connectivity index (χ2n) is 26.3. The van der Waals surface area contributed by atoms with Gasteiger partial charge in [-0.3, -0.25) is 14.5 Å². The number of benzene rings is 7. The Kier molecular flexibility index (Phi) is 15.8. The second-order valence-corrected chi connectivity index (χ2v) is 26.3. The van der Waals surface area contributed by atoms with Gasteiger partial charge in [0.25, 0.3) is 0 Å². The molecule has 3 aromatic heterocycles. The number of hydrogen-bond acceptors (Lipinski definition) is 4. The topological polar surface area (TPSA) is 68.8 Å². The summed E-state index contributed by atoms with van der Waals surface area (Å²) in [6.45, 7) is 38.5. The zero-order valence-electron chi connectivity index (χ0n) is 50.2. The van der Waals surface area contributed by atoms with Gasteiger partial charge < -0.3 is 9.67 Å². The van der Waals surface area contributed by atoms with E-state index in [2.05, 4.69) is 260 Å². The zero-order chi connectivity index (χ0) is 56.6. The van der Waals surface area contributed by atoms with Crippen LogP contribution >= 0.6 is 0 Å². The first-order valence-electron chi connectivity index (χ1n) is 28.6. The Morgan fingerprint density at radius 3 is 1.40 bits per heavy atom. The molecular formula is C73H80N5OPt-. The van der Waals surface area contributed by atoms with Crippen molar-refractivity contribution >= 4 is 22.1 Å². The summed E-state index contributed by atoms with van der Waals surface area (Å²) in [5, 5.41) is 12.9. The molecule has 414 valence electrons. The Labute approximate surface area is 491 Å². The van der Waals surface area contributed by atoms with Crippen molar-refractivity contribution < 1.29 is 26.2 Å². The molecule has 0 amide bonds. The van der Waals surface area contributed by atoms with Gasteiger partial charge in [-0.15, -0.1) is 29.3 Å². The predicted octanol–water partition coefficient (Wildman–Crippen LogP) is 20.0. The number of hydrogen-bond donors (Lipinski definition) is 1. The second kappa shape index (κ2) is 21.9. The number of pyridine rings is 1. The molecule has 0 saturated heterocycles. The quantitative estimate of drug-likeness (QED) is 0.131. The Balaban J connectivity index is 0.00000774. The van der Waals surface area contributed by atoms with Crippen molar-refractivity contribution in [2.45, 2.75) is 158 Å². The summed E-state index contributed by atoms with van der Waals surface area (Å²) in [7, 11) is 0. The fourth-order valence-electron chi connectivity index (χ4n) is 11.4. The molecule has 0 saturated carbocycles. The van der Waals surface area contributed by atoms with Crippen LogP contribution in [-0.2, 0) is 37.3 Å². The Bertz CT molecular complexity index is 3850. The van der Waals surface area contributed by atoms with Crippen LogP contribution in [0.4, 0.5) is 0 Å². The van der Waals surface area contributed by atoms with Crippen molar-refractivity contribution in [3.63, 3.8) is 0 Å². The SMILES string of the molecule is CC(C)c1cc(-c2ccccc2)cc(C(C)C)c1-n1c(-c2[c-]c(-c3cccc4c3nc(-c3cc(C(C)(C)C)cc(C(C)(C)C)c3O)n4-c3c(C(C)C)cc(-c4ccccc4)cc3C(C)C)cc(C(C)(C)C)c2)nc2ccncc21.[Pt]. The molecule has 10 rings (SSSR count). The molecule has 7 aromatic carbocycles. The minimum Gasteiger partial charge on any atom is -0.507 e. The molecule has 0 spiro atoms. The fraction of sp³-hybridized carbons (Fsp3) is 0.329. The summed E-state index contributed by atoms with van der Waals surface area (Å²) in [4.78, 5) is 16.2. The smallest absolute Gasteiger partial charge is 0.148 e. The maximum Gasteiger partial charge on any atom is 0.148 e. The van der Waals surface area contributed by atoms with Gasteiger partial charge in [0.05, 0.1) is 45.3 Å². The van der Waals surface area contributed by atoms with E-state index in [9.17, 15) is 5.11 Å². The van der Waals surface area contributed by atoms with E-state index in [-0.39, 0.29) is 66.7 Å². The molecule has 1 N–H and O–H groups in total. The van der Waals surface area contributed by atoms with Gasteiger partial charge in [0.1, 0.15) is 11.6 Å². The Morgan fingerprint density at radius 1 is 0.450 bits per heavy atom. The van der Waals surface area contributed by atoms with E-state index in [1.54, 1.807) is 0 Å². The van der Waals surface area contributed by atoms with Gasteiger partial charge in [-0.1, -0.05) is 208 Å². The van der Waals surface area contributed by atoms with Crippen LogP contribution in [0.25, 0.3) is 89.6 Å². The summed E-state index contributed by atoms with van der Waals surface area (Å²) in [6, 6.07) is 52.6. The third kappa shape index (κ3) is 10.8. The van der Waals surface area contributed by atoms with Gasteiger partial charge in [-0.25, -0.2) is 4.98 Å². The first-order valence-corrected chi connectivity index (χ1v) is 28.6. The molecule has 0 fully saturated rings. The normalized spacial score (nSPS) is 12.5. The average molecular weight is 1240 g/mol. The van der Waals surface area contributed by atoms with Crippen molar-refractivity contribution in [1.29, 1.82) is 0 Å². The molecule has 0 aliphatic rings. The van der Waals surface area contributed by atoms with E-state index < -0.39 is 0 Å². The molecule has 10 aromatic rings. The fourth-order valence-corrected chi connectivity index (χ4v) is 11.4. The number of aromatic nitrogens is 5. The number of para-hydroxylation sites is 1. The van der Waals surface area contributed by atoms with Gasteiger partial charge >= 0.3 is 0 Å². The molecule has 0 radical (unpaired) electrons. The number of phenolic OH excluding ortho intramolecular Hbond substituents is 1. The zero-order valence-corrected chi connectivity index (χ0v) is 52.4. The standard InChI is InChI=1S/C73H80N5O.Pt/c1-43(2)56-36-49(47-25-20-18-21-26-47)37-57(44(3)4)66(56)77-63-30-24-29-55(65(63)76-70(77)60-40-54(72(12,13)14)41-61(68(60)79)73(15,16)17)51-33-52(35-53(34-51)71(9,10)11)69-75-62-31-32-74-42-64(62)78(69)67-58(45(5)6)38-50(39-59(67)46(7)8)48-27-22-19-23-28-48;/h18-32,34-46,79H,1-17H3;/q-1;. The van der Waals surface area contributed by atoms with E-state index in [1.165, 1.54) is 44.5 Å². The summed E-state index contributed by atoms with van der Waals surface area (Å²) < 4.78 is 4.75. The predicted molar refractivity (Wildman–Crippen MR) is 334 cm³/mol. The third-order valence-corrected chi connectivity index (χ3v) is 15.9. The van der Waals surface area contributed by atoms with Crippen LogP contribution in [0.2, 0.25) is 0 Å². The van der Waals surface area contributed by atoms with Crippen LogP contribution in [0.3, 0.4) is 0 Å². The number of imidazole rings is 2. The summed E-state index contributed by atoms with van der Waals surface area (Å²) in [5.74, 6) is 2.48.